The molecule has 0 spiro atoms. The van der Waals surface area contributed by atoms with Crippen LogP contribution in [0.2, 0.25) is 5.02 Å². The van der Waals surface area contributed by atoms with Crippen LogP contribution in [0, 0.1) is 0 Å². The highest BCUT2D eigenvalue weighted by Crippen LogP contribution is 2.26. The van der Waals surface area contributed by atoms with Gasteiger partial charge in [-0.05, 0) is 57.1 Å². The topological polar surface area (TPSA) is 15.3 Å². The molecule has 2 nitrogen and oxygen atoms in total. The van der Waals surface area contributed by atoms with Crippen LogP contribution in [-0.4, -0.2) is 36.1 Å². The first-order valence-electron chi connectivity index (χ1n) is 8.24. The summed E-state index contributed by atoms with van der Waals surface area (Å²) in [5, 5.41) is 4.52. The molecule has 0 aromatic heterocycles. The molecule has 1 N–H and O–H groups in total. The van der Waals surface area contributed by atoms with Crippen LogP contribution in [-0.2, 0) is 6.42 Å². The molecule has 0 saturated carbocycles. The molecule has 1 aromatic rings. The van der Waals surface area contributed by atoms with Gasteiger partial charge in [0.2, 0.25) is 0 Å². The van der Waals surface area contributed by atoms with Gasteiger partial charge in [-0.2, -0.15) is 0 Å². The Bertz CT molecular complexity index is 400. The molecule has 21 heavy (non-hydrogen) atoms. The number of halogens is 1. The van der Waals surface area contributed by atoms with Gasteiger partial charge >= 0.3 is 0 Å². The number of benzene rings is 1. The summed E-state index contributed by atoms with van der Waals surface area (Å²) in [6.07, 6.45) is 2.17. The summed E-state index contributed by atoms with van der Waals surface area (Å²) in [6, 6.07) is 8.70. The highest BCUT2D eigenvalue weighted by Gasteiger charge is 2.36. The van der Waals surface area contributed by atoms with E-state index in [0.29, 0.717) is 6.04 Å². The van der Waals surface area contributed by atoms with Crippen molar-refractivity contribution >= 4 is 11.6 Å². The standard InChI is InChI=1S/C18H31ClN2/c1-6-18(5,21(8-3)9-4)17(20-7-2)14-15-10-12-16(19)13-11-15/h10-13,17,20H,6-9,14H2,1-5H3. The summed E-state index contributed by atoms with van der Waals surface area (Å²) in [7, 11) is 0. The van der Waals surface area contributed by atoms with Crippen molar-refractivity contribution in [2.45, 2.75) is 59.0 Å². The quantitative estimate of drug-likeness (QED) is 0.728. The number of rotatable bonds is 9. The zero-order chi connectivity index (χ0) is 15.9. The number of nitrogens with zero attached hydrogens (tertiary/aromatic N) is 1. The minimum atomic E-state index is 0.166. The highest BCUT2D eigenvalue weighted by molar-refractivity contribution is 6.30. The van der Waals surface area contributed by atoms with Gasteiger partial charge in [0, 0.05) is 16.6 Å². The molecule has 2 atom stereocenters. The molecule has 0 aliphatic carbocycles. The molecule has 0 aliphatic heterocycles. The first kappa shape index (κ1) is 18.5. The first-order valence-corrected chi connectivity index (χ1v) is 8.62. The fourth-order valence-corrected chi connectivity index (χ4v) is 3.38. The maximum Gasteiger partial charge on any atom is 0.0406 e. The van der Waals surface area contributed by atoms with Crippen LogP contribution >= 0.6 is 11.6 Å². The summed E-state index contributed by atoms with van der Waals surface area (Å²) in [5.74, 6) is 0. The van der Waals surface area contributed by atoms with Gasteiger partial charge < -0.3 is 5.32 Å². The molecule has 0 aliphatic rings. The summed E-state index contributed by atoms with van der Waals surface area (Å²) in [6.45, 7) is 14.5. The van der Waals surface area contributed by atoms with E-state index in [0.717, 1.165) is 37.5 Å². The average molecular weight is 311 g/mol. The van der Waals surface area contributed by atoms with Gasteiger partial charge in [0.05, 0.1) is 0 Å². The van der Waals surface area contributed by atoms with Gasteiger partial charge in [-0.1, -0.05) is 51.4 Å². The molecule has 1 aromatic carbocycles. The summed E-state index contributed by atoms with van der Waals surface area (Å²) in [4.78, 5) is 2.58. The van der Waals surface area contributed by atoms with E-state index in [1.54, 1.807) is 0 Å². The van der Waals surface area contributed by atoms with E-state index in [2.05, 4.69) is 57.0 Å². The van der Waals surface area contributed by atoms with Crippen molar-refractivity contribution < 1.29 is 0 Å². The van der Waals surface area contributed by atoms with Gasteiger partial charge in [0.15, 0.2) is 0 Å². The van der Waals surface area contributed by atoms with E-state index in [-0.39, 0.29) is 5.54 Å². The Balaban J connectivity index is 2.99. The molecular weight excluding hydrogens is 280 g/mol. The van der Waals surface area contributed by atoms with Crippen LogP contribution in [0.1, 0.15) is 46.6 Å². The summed E-state index contributed by atoms with van der Waals surface area (Å²) >= 11 is 6.00. The van der Waals surface area contributed by atoms with Gasteiger partial charge in [0.25, 0.3) is 0 Å². The lowest BCUT2D eigenvalue weighted by Gasteiger charge is -2.46. The molecule has 120 valence electrons. The molecule has 0 heterocycles. The smallest absolute Gasteiger partial charge is 0.0406 e. The van der Waals surface area contributed by atoms with Crippen molar-refractivity contribution in [1.29, 1.82) is 0 Å². The molecule has 3 heteroatoms. The van der Waals surface area contributed by atoms with E-state index < -0.39 is 0 Å². The molecule has 0 amide bonds. The lowest BCUT2D eigenvalue weighted by molar-refractivity contribution is 0.0707. The van der Waals surface area contributed by atoms with Crippen molar-refractivity contribution in [3.05, 3.63) is 34.9 Å². The van der Waals surface area contributed by atoms with Crippen LogP contribution in [0.3, 0.4) is 0 Å². The van der Waals surface area contributed by atoms with Crippen LogP contribution in [0.15, 0.2) is 24.3 Å². The monoisotopic (exact) mass is 310 g/mol. The summed E-state index contributed by atoms with van der Waals surface area (Å²) < 4.78 is 0. The third-order valence-corrected chi connectivity index (χ3v) is 5.01. The number of hydrogen-bond acceptors (Lipinski definition) is 2. The largest absolute Gasteiger partial charge is 0.312 e. The third kappa shape index (κ3) is 4.70. The van der Waals surface area contributed by atoms with Crippen LogP contribution < -0.4 is 5.32 Å². The Hall–Kier alpha value is -0.570. The van der Waals surface area contributed by atoms with E-state index in [4.69, 9.17) is 11.6 Å². The fraction of sp³-hybridized carbons (Fsp3) is 0.667. The van der Waals surface area contributed by atoms with Crippen LogP contribution in [0.25, 0.3) is 0 Å². The Morgan fingerprint density at radius 2 is 1.67 bits per heavy atom. The van der Waals surface area contributed by atoms with E-state index in [1.165, 1.54) is 5.56 Å². The number of nitrogens with one attached hydrogen (secondary N) is 1. The minimum Gasteiger partial charge on any atom is -0.312 e. The van der Waals surface area contributed by atoms with E-state index in [9.17, 15) is 0 Å². The van der Waals surface area contributed by atoms with E-state index >= 15 is 0 Å². The van der Waals surface area contributed by atoms with Gasteiger partial charge in [0.1, 0.15) is 0 Å². The first-order chi connectivity index (χ1) is 10.0. The fourth-order valence-electron chi connectivity index (χ4n) is 3.25. The van der Waals surface area contributed by atoms with Crippen molar-refractivity contribution in [2.75, 3.05) is 19.6 Å². The maximum absolute atomic E-state index is 6.00. The molecule has 0 bridgehead atoms. The molecule has 2 unspecified atom stereocenters. The Kier molecular flexibility index (Phi) is 7.72. The molecule has 0 radical (unpaired) electrons. The van der Waals surface area contributed by atoms with Crippen LogP contribution in [0.4, 0.5) is 0 Å². The number of likely N-dealkylation sites (N-methyl/N-ethyl adjacent to an activating group) is 2. The van der Waals surface area contributed by atoms with Crippen molar-refractivity contribution in [2.24, 2.45) is 0 Å². The lowest BCUT2D eigenvalue weighted by atomic mass is 9.83. The van der Waals surface area contributed by atoms with Gasteiger partial charge in [-0.3, -0.25) is 4.90 Å². The van der Waals surface area contributed by atoms with Gasteiger partial charge in [-0.25, -0.2) is 0 Å². The normalized spacial score (nSPS) is 16.0. The second-order valence-electron chi connectivity index (χ2n) is 5.82. The molecule has 0 fully saturated rings. The zero-order valence-corrected chi connectivity index (χ0v) is 15.0. The molecular formula is C18H31ClN2. The van der Waals surface area contributed by atoms with Gasteiger partial charge in [-0.15, -0.1) is 0 Å². The SMILES string of the molecule is CCNC(Cc1ccc(Cl)cc1)C(C)(CC)N(CC)CC. The summed E-state index contributed by atoms with van der Waals surface area (Å²) in [5.41, 5.74) is 1.51. The lowest BCUT2D eigenvalue weighted by Crippen LogP contribution is -2.60. The zero-order valence-electron chi connectivity index (χ0n) is 14.2. The minimum absolute atomic E-state index is 0.166. The number of hydrogen-bond donors (Lipinski definition) is 1. The second kappa shape index (κ2) is 8.77. The van der Waals surface area contributed by atoms with E-state index in [1.807, 2.05) is 12.1 Å². The average Bonchev–Trinajstić information content (AvgIpc) is 2.49. The Morgan fingerprint density at radius 1 is 1.10 bits per heavy atom. The van der Waals surface area contributed by atoms with Crippen molar-refractivity contribution in [3.63, 3.8) is 0 Å². The molecule has 1 rings (SSSR count). The van der Waals surface area contributed by atoms with Crippen molar-refractivity contribution in [3.8, 4) is 0 Å². The maximum atomic E-state index is 6.00. The third-order valence-electron chi connectivity index (χ3n) is 4.76. The second-order valence-corrected chi connectivity index (χ2v) is 6.26. The Labute approximate surface area is 135 Å². The predicted molar refractivity (Wildman–Crippen MR) is 94.2 cm³/mol. The highest BCUT2D eigenvalue weighted by atomic mass is 35.5. The van der Waals surface area contributed by atoms with Crippen molar-refractivity contribution in [1.82, 2.24) is 10.2 Å². The predicted octanol–water partition coefficient (Wildman–Crippen LogP) is 4.37. The Morgan fingerprint density at radius 3 is 2.10 bits per heavy atom. The molecule has 0 saturated heterocycles. The van der Waals surface area contributed by atoms with Crippen LogP contribution in [0.5, 0.6) is 0 Å².